The molecular weight excluding hydrogens is 280 g/mol. The van der Waals surface area contributed by atoms with E-state index in [4.69, 9.17) is 11.6 Å². The molecule has 0 unspecified atom stereocenters. The number of nitrogens with one attached hydrogen (secondary N) is 1. The van der Waals surface area contributed by atoms with Crippen molar-refractivity contribution >= 4 is 17.4 Å². The van der Waals surface area contributed by atoms with Gasteiger partial charge in [-0.25, -0.2) is 4.79 Å². The summed E-state index contributed by atoms with van der Waals surface area (Å²) in [6, 6.07) is 6.51. The number of H-pyrrole nitrogens is 1. The first-order valence-corrected chi connectivity index (χ1v) is 6.50. The third-order valence-corrected chi connectivity index (χ3v) is 3.16. The number of aromatic nitrogens is 2. The minimum Gasteiger partial charge on any atom is -0.293 e. The molecule has 1 aromatic heterocycles. The van der Waals surface area contributed by atoms with Gasteiger partial charge in [-0.15, -0.1) is 0 Å². The van der Waals surface area contributed by atoms with Crippen molar-refractivity contribution in [3.8, 4) is 0 Å². The Morgan fingerprint density at radius 3 is 2.75 bits per heavy atom. The lowest BCUT2D eigenvalue weighted by atomic mass is 10.1. The zero-order chi connectivity index (χ0) is 14.7. The Morgan fingerprint density at radius 2 is 2.10 bits per heavy atom. The standard InChI is InChI=1S/C14H13ClN2O3/c1-2-9-7-17(14(20)16-13(9)19)8-12(18)10-4-3-5-11(15)6-10/h3-7H,2,8H2,1H3,(H,16,19,20). The Labute approximate surface area is 119 Å². The number of carbonyl (C=O) groups is 1. The minimum absolute atomic E-state index is 0.136. The highest BCUT2D eigenvalue weighted by Gasteiger charge is 2.10. The van der Waals surface area contributed by atoms with Crippen LogP contribution in [0, 0.1) is 0 Å². The van der Waals surface area contributed by atoms with Crippen LogP contribution in [0.5, 0.6) is 0 Å². The van der Waals surface area contributed by atoms with Crippen molar-refractivity contribution in [3.05, 3.63) is 67.4 Å². The molecule has 104 valence electrons. The first-order valence-electron chi connectivity index (χ1n) is 6.12. The maximum Gasteiger partial charge on any atom is 0.328 e. The second kappa shape index (κ2) is 5.88. The van der Waals surface area contributed by atoms with Gasteiger partial charge in [0.2, 0.25) is 0 Å². The maximum atomic E-state index is 12.1. The van der Waals surface area contributed by atoms with E-state index in [0.717, 1.165) is 0 Å². The van der Waals surface area contributed by atoms with E-state index in [1.807, 2.05) is 0 Å². The van der Waals surface area contributed by atoms with E-state index in [0.29, 0.717) is 22.6 Å². The Bertz CT molecular complexity index is 761. The lowest BCUT2D eigenvalue weighted by Crippen LogP contribution is -2.33. The third-order valence-electron chi connectivity index (χ3n) is 2.93. The van der Waals surface area contributed by atoms with Gasteiger partial charge in [0.1, 0.15) is 0 Å². The summed E-state index contributed by atoms with van der Waals surface area (Å²) in [5.74, 6) is -0.247. The van der Waals surface area contributed by atoms with Crippen molar-refractivity contribution in [3.63, 3.8) is 0 Å². The van der Waals surface area contributed by atoms with Gasteiger partial charge in [-0.05, 0) is 18.6 Å². The van der Waals surface area contributed by atoms with E-state index < -0.39 is 11.2 Å². The number of ketones is 1. The molecule has 0 atom stereocenters. The van der Waals surface area contributed by atoms with Crippen LogP contribution < -0.4 is 11.2 Å². The highest BCUT2D eigenvalue weighted by atomic mass is 35.5. The van der Waals surface area contributed by atoms with Gasteiger partial charge < -0.3 is 0 Å². The van der Waals surface area contributed by atoms with Gasteiger partial charge in [0.05, 0.1) is 6.54 Å². The average molecular weight is 293 g/mol. The van der Waals surface area contributed by atoms with Gasteiger partial charge in [0, 0.05) is 22.3 Å². The number of hydrogen-bond donors (Lipinski definition) is 1. The third kappa shape index (κ3) is 3.05. The molecule has 0 spiro atoms. The fraction of sp³-hybridized carbons (Fsp3) is 0.214. The van der Waals surface area contributed by atoms with Gasteiger partial charge in [-0.3, -0.25) is 19.1 Å². The molecule has 0 fully saturated rings. The van der Waals surface area contributed by atoms with Crippen molar-refractivity contribution in [2.45, 2.75) is 19.9 Å². The molecule has 20 heavy (non-hydrogen) atoms. The summed E-state index contributed by atoms with van der Waals surface area (Å²) in [5, 5.41) is 0.457. The summed E-state index contributed by atoms with van der Waals surface area (Å²) in [5.41, 5.74) is -0.122. The van der Waals surface area contributed by atoms with E-state index in [1.165, 1.54) is 10.8 Å². The van der Waals surface area contributed by atoms with Gasteiger partial charge in [0.25, 0.3) is 5.56 Å². The smallest absolute Gasteiger partial charge is 0.293 e. The minimum atomic E-state index is -0.595. The quantitative estimate of drug-likeness (QED) is 0.871. The molecule has 0 saturated carbocycles. The van der Waals surface area contributed by atoms with Crippen LogP contribution in [-0.2, 0) is 13.0 Å². The second-order valence-corrected chi connectivity index (χ2v) is 4.77. The molecule has 5 nitrogen and oxygen atoms in total. The summed E-state index contributed by atoms with van der Waals surface area (Å²) in [7, 11) is 0. The lowest BCUT2D eigenvalue weighted by Gasteiger charge is -2.06. The number of nitrogens with zero attached hydrogens (tertiary/aromatic N) is 1. The number of halogens is 1. The largest absolute Gasteiger partial charge is 0.328 e. The lowest BCUT2D eigenvalue weighted by molar-refractivity contribution is 0.0970. The molecule has 0 bridgehead atoms. The molecule has 0 aliphatic heterocycles. The van der Waals surface area contributed by atoms with Crippen LogP contribution in [0.3, 0.4) is 0 Å². The summed E-state index contributed by atoms with van der Waals surface area (Å²) in [6.07, 6.45) is 1.91. The van der Waals surface area contributed by atoms with E-state index in [-0.39, 0.29) is 12.3 Å². The maximum absolute atomic E-state index is 12.1. The topological polar surface area (TPSA) is 71.9 Å². The van der Waals surface area contributed by atoms with Crippen LogP contribution in [0.1, 0.15) is 22.8 Å². The van der Waals surface area contributed by atoms with E-state index in [1.54, 1.807) is 31.2 Å². The van der Waals surface area contributed by atoms with Crippen LogP contribution in [0.4, 0.5) is 0 Å². The van der Waals surface area contributed by atoms with Crippen molar-refractivity contribution in [2.75, 3.05) is 0 Å². The van der Waals surface area contributed by atoms with E-state index in [2.05, 4.69) is 4.98 Å². The van der Waals surface area contributed by atoms with Crippen molar-refractivity contribution < 1.29 is 4.79 Å². The van der Waals surface area contributed by atoms with Crippen LogP contribution in [0.15, 0.2) is 40.1 Å². The highest BCUT2D eigenvalue weighted by Crippen LogP contribution is 2.11. The molecule has 6 heteroatoms. The first kappa shape index (κ1) is 14.3. The number of benzene rings is 1. The molecule has 0 radical (unpaired) electrons. The number of hydrogen-bond acceptors (Lipinski definition) is 3. The summed E-state index contributed by atoms with van der Waals surface area (Å²) < 4.78 is 1.20. The summed E-state index contributed by atoms with van der Waals surface area (Å²) >= 11 is 5.82. The molecule has 2 rings (SSSR count). The normalized spacial score (nSPS) is 10.5. The molecule has 0 saturated heterocycles. The van der Waals surface area contributed by atoms with Crippen LogP contribution in [0.2, 0.25) is 5.02 Å². The Morgan fingerprint density at radius 1 is 1.35 bits per heavy atom. The fourth-order valence-electron chi connectivity index (χ4n) is 1.83. The van der Waals surface area contributed by atoms with E-state index >= 15 is 0 Å². The van der Waals surface area contributed by atoms with Gasteiger partial charge in [-0.2, -0.15) is 0 Å². The van der Waals surface area contributed by atoms with E-state index in [9.17, 15) is 14.4 Å². The van der Waals surface area contributed by atoms with Crippen molar-refractivity contribution in [2.24, 2.45) is 0 Å². The van der Waals surface area contributed by atoms with Gasteiger partial charge in [-0.1, -0.05) is 30.7 Å². The molecule has 2 aromatic rings. The number of aromatic amines is 1. The molecule has 0 aliphatic carbocycles. The van der Waals surface area contributed by atoms with Crippen molar-refractivity contribution in [1.29, 1.82) is 0 Å². The van der Waals surface area contributed by atoms with Crippen LogP contribution in [0.25, 0.3) is 0 Å². The van der Waals surface area contributed by atoms with Crippen molar-refractivity contribution in [1.82, 2.24) is 9.55 Å². The predicted octanol–water partition coefficient (Wildman–Crippen LogP) is 1.64. The van der Waals surface area contributed by atoms with Gasteiger partial charge in [0.15, 0.2) is 5.78 Å². The Kier molecular flexibility index (Phi) is 4.20. The summed E-state index contributed by atoms with van der Waals surface area (Å²) in [6.45, 7) is 1.67. The number of Topliss-reactive ketones (excluding diaryl/α,β-unsaturated/α-hetero) is 1. The zero-order valence-corrected chi connectivity index (χ0v) is 11.6. The molecular formula is C14H13ClN2O3. The first-order chi connectivity index (χ1) is 9.51. The summed E-state index contributed by atoms with van der Waals surface area (Å²) in [4.78, 5) is 37.4. The monoisotopic (exact) mass is 292 g/mol. The fourth-order valence-corrected chi connectivity index (χ4v) is 2.02. The average Bonchev–Trinajstić information content (AvgIpc) is 2.41. The van der Waals surface area contributed by atoms with Gasteiger partial charge >= 0.3 is 5.69 Å². The zero-order valence-electron chi connectivity index (χ0n) is 10.9. The second-order valence-electron chi connectivity index (χ2n) is 4.33. The predicted molar refractivity (Wildman–Crippen MR) is 76.5 cm³/mol. The SMILES string of the molecule is CCc1cn(CC(=O)c2cccc(Cl)c2)c(=O)[nH]c1=O. The molecule has 1 heterocycles. The van der Waals surface area contributed by atoms with Crippen LogP contribution in [-0.4, -0.2) is 15.3 Å². The molecule has 0 aliphatic rings. The number of aryl methyl sites for hydroxylation is 1. The molecule has 1 N–H and O–H groups in total. The molecule has 1 aromatic carbocycles. The Hall–Kier alpha value is -2.14. The molecule has 0 amide bonds. The Balaban J connectivity index is 2.33. The number of rotatable bonds is 4. The van der Waals surface area contributed by atoms with Crippen LogP contribution >= 0.6 is 11.6 Å². The number of carbonyl (C=O) groups excluding carboxylic acids is 1. The highest BCUT2D eigenvalue weighted by molar-refractivity contribution is 6.31.